The summed E-state index contributed by atoms with van der Waals surface area (Å²) in [6.45, 7) is 7.17. The highest BCUT2D eigenvalue weighted by Gasteiger charge is 2.03. The van der Waals surface area contributed by atoms with Gasteiger partial charge in [-0.15, -0.1) is 0 Å². The van der Waals surface area contributed by atoms with E-state index in [1.807, 2.05) is 0 Å². The smallest absolute Gasteiger partial charge is 0.0700 e. The van der Waals surface area contributed by atoms with Gasteiger partial charge in [0.15, 0.2) is 0 Å². The fraction of sp³-hybridized carbons (Fsp3) is 0.571. The van der Waals surface area contributed by atoms with E-state index >= 15 is 0 Å². The maximum absolute atomic E-state index is 5.39. The molecule has 1 aromatic rings. The minimum absolute atomic E-state index is 0.363. The van der Waals surface area contributed by atoms with Crippen molar-refractivity contribution in [1.29, 1.82) is 0 Å². The summed E-state index contributed by atoms with van der Waals surface area (Å²) in [6, 6.07) is 8.98. The van der Waals surface area contributed by atoms with E-state index in [9.17, 15) is 0 Å². The molecule has 0 saturated heterocycles. The lowest BCUT2D eigenvalue weighted by atomic mass is 10.1. The van der Waals surface area contributed by atoms with Crippen LogP contribution in [-0.4, -0.2) is 33.5 Å². The predicted molar refractivity (Wildman–Crippen MR) is 70.3 cm³/mol. The van der Waals surface area contributed by atoms with Crippen LogP contribution in [0.25, 0.3) is 0 Å². The zero-order valence-corrected chi connectivity index (χ0v) is 11.0. The van der Waals surface area contributed by atoms with Crippen molar-refractivity contribution >= 4 is 0 Å². The molecule has 0 bridgehead atoms. The van der Waals surface area contributed by atoms with Gasteiger partial charge in [0.05, 0.1) is 19.8 Å². The van der Waals surface area contributed by atoms with E-state index in [0.29, 0.717) is 19.3 Å². The maximum atomic E-state index is 5.39. The second-order valence-corrected chi connectivity index (χ2v) is 4.19. The molecule has 3 heteroatoms. The zero-order valence-electron chi connectivity index (χ0n) is 11.0. The molecule has 0 aliphatic carbocycles. The molecular weight excluding hydrogens is 214 g/mol. The summed E-state index contributed by atoms with van der Waals surface area (Å²) in [5.74, 6) is 0. The molecule has 3 nitrogen and oxygen atoms in total. The highest BCUT2D eigenvalue weighted by Crippen LogP contribution is 2.12. The van der Waals surface area contributed by atoms with Gasteiger partial charge in [0.2, 0.25) is 0 Å². The summed E-state index contributed by atoms with van der Waals surface area (Å²) in [7, 11) is 1.68. The van der Waals surface area contributed by atoms with Crippen molar-refractivity contribution < 1.29 is 9.47 Å². The van der Waals surface area contributed by atoms with Gasteiger partial charge >= 0.3 is 0 Å². The Balaban J connectivity index is 2.16. The molecule has 96 valence electrons. The Hall–Kier alpha value is -0.900. The third kappa shape index (κ3) is 5.82. The van der Waals surface area contributed by atoms with E-state index in [1.54, 1.807) is 7.11 Å². The van der Waals surface area contributed by atoms with Crippen LogP contribution in [0.5, 0.6) is 0 Å². The van der Waals surface area contributed by atoms with Crippen molar-refractivity contribution in [1.82, 2.24) is 5.32 Å². The molecule has 1 aromatic carbocycles. The number of benzene rings is 1. The molecule has 0 heterocycles. The minimum atomic E-state index is 0.363. The first-order valence-corrected chi connectivity index (χ1v) is 6.10. The third-order valence-electron chi connectivity index (χ3n) is 2.71. The van der Waals surface area contributed by atoms with Crippen LogP contribution in [-0.2, 0) is 9.47 Å². The van der Waals surface area contributed by atoms with Crippen LogP contribution in [0, 0.1) is 6.92 Å². The van der Waals surface area contributed by atoms with Gasteiger partial charge in [-0.1, -0.05) is 29.8 Å². The van der Waals surface area contributed by atoms with Crippen molar-refractivity contribution in [2.45, 2.75) is 19.9 Å². The largest absolute Gasteiger partial charge is 0.382 e. The highest BCUT2D eigenvalue weighted by atomic mass is 16.5. The van der Waals surface area contributed by atoms with Crippen molar-refractivity contribution in [2.75, 3.05) is 33.5 Å². The van der Waals surface area contributed by atoms with Gasteiger partial charge < -0.3 is 14.8 Å². The number of methoxy groups -OCH3 is 1. The molecule has 0 radical (unpaired) electrons. The summed E-state index contributed by atoms with van der Waals surface area (Å²) >= 11 is 0. The van der Waals surface area contributed by atoms with E-state index in [-0.39, 0.29) is 0 Å². The van der Waals surface area contributed by atoms with Gasteiger partial charge in [-0.25, -0.2) is 0 Å². The molecule has 0 saturated carbocycles. The summed E-state index contributed by atoms with van der Waals surface area (Å²) in [5, 5.41) is 3.43. The topological polar surface area (TPSA) is 30.5 Å². The predicted octanol–water partition coefficient (Wildman–Crippen LogP) is 2.31. The van der Waals surface area contributed by atoms with E-state index in [4.69, 9.17) is 9.47 Å². The molecule has 0 aromatic heterocycles. The summed E-state index contributed by atoms with van der Waals surface area (Å²) in [6.07, 6.45) is 0. The maximum Gasteiger partial charge on any atom is 0.0700 e. The number of ether oxygens (including phenoxy) is 2. The number of nitrogens with one attached hydrogen (secondary N) is 1. The Labute approximate surface area is 104 Å². The van der Waals surface area contributed by atoms with Crippen molar-refractivity contribution in [2.24, 2.45) is 0 Å². The Bertz CT molecular complexity index is 298. The van der Waals surface area contributed by atoms with Crippen LogP contribution in [0.1, 0.15) is 24.1 Å². The van der Waals surface area contributed by atoms with Crippen molar-refractivity contribution in [3.63, 3.8) is 0 Å². The SMILES string of the molecule is COCCOCCNC(C)c1ccc(C)cc1. The normalized spacial score (nSPS) is 12.6. The summed E-state index contributed by atoms with van der Waals surface area (Å²) < 4.78 is 10.3. The minimum Gasteiger partial charge on any atom is -0.382 e. The number of hydrogen-bond acceptors (Lipinski definition) is 3. The first-order valence-electron chi connectivity index (χ1n) is 6.10. The van der Waals surface area contributed by atoms with Crippen LogP contribution in [0.15, 0.2) is 24.3 Å². The van der Waals surface area contributed by atoms with Gasteiger partial charge in [0.25, 0.3) is 0 Å². The molecule has 1 N–H and O–H groups in total. The average Bonchev–Trinajstić information content (AvgIpc) is 2.34. The standard InChI is InChI=1S/C14H23NO2/c1-12-4-6-14(7-5-12)13(2)15-8-9-17-11-10-16-3/h4-7,13,15H,8-11H2,1-3H3. The van der Waals surface area contributed by atoms with Crippen LogP contribution < -0.4 is 5.32 Å². The van der Waals surface area contributed by atoms with E-state index in [2.05, 4.69) is 43.4 Å². The van der Waals surface area contributed by atoms with Gasteiger partial charge in [-0.2, -0.15) is 0 Å². The average molecular weight is 237 g/mol. The molecule has 17 heavy (non-hydrogen) atoms. The highest BCUT2D eigenvalue weighted by molar-refractivity contribution is 5.23. The van der Waals surface area contributed by atoms with E-state index < -0.39 is 0 Å². The van der Waals surface area contributed by atoms with Crippen LogP contribution >= 0.6 is 0 Å². The molecule has 0 aliphatic heterocycles. The Morgan fingerprint density at radius 2 is 1.82 bits per heavy atom. The van der Waals surface area contributed by atoms with E-state index in [1.165, 1.54) is 11.1 Å². The monoisotopic (exact) mass is 237 g/mol. The van der Waals surface area contributed by atoms with Gasteiger partial charge in [0.1, 0.15) is 0 Å². The Kier molecular flexibility index (Phi) is 6.86. The number of hydrogen-bond donors (Lipinski definition) is 1. The van der Waals surface area contributed by atoms with Crippen LogP contribution in [0.3, 0.4) is 0 Å². The van der Waals surface area contributed by atoms with Crippen LogP contribution in [0.4, 0.5) is 0 Å². The second kappa shape index (κ2) is 8.23. The molecule has 1 rings (SSSR count). The first kappa shape index (κ1) is 14.2. The lowest BCUT2D eigenvalue weighted by Gasteiger charge is -2.14. The molecule has 0 spiro atoms. The van der Waals surface area contributed by atoms with Gasteiger partial charge in [-0.3, -0.25) is 0 Å². The fourth-order valence-corrected chi connectivity index (χ4v) is 1.56. The Morgan fingerprint density at radius 1 is 1.12 bits per heavy atom. The number of aryl methyl sites for hydroxylation is 1. The summed E-state index contributed by atoms with van der Waals surface area (Å²) in [5.41, 5.74) is 2.61. The van der Waals surface area contributed by atoms with Crippen molar-refractivity contribution in [3.8, 4) is 0 Å². The molecule has 1 atom stereocenters. The number of rotatable bonds is 8. The zero-order chi connectivity index (χ0) is 12.5. The lowest BCUT2D eigenvalue weighted by molar-refractivity contribution is 0.0712. The van der Waals surface area contributed by atoms with Crippen LogP contribution in [0.2, 0.25) is 0 Å². The molecule has 0 amide bonds. The molecule has 0 aliphatic rings. The second-order valence-electron chi connectivity index (χ2n) is 4.19. The first-order chi connectivity index (χ1) is 8.24. The van der Waals surface area contributed by atoms with E-state index in [0.717, 1.165) is 13.2 Å². The van der Waals surface area contributed by atoms with Gasteiger partial charge in [0, 0.05) is 19.7 Å². The lowest BCUT2D eigenvalue weighted by Crippen LogP contribution is -2.23. The molecule has 0 fully saturated rings. The molecule has 1 unspecified atom stereocenters. The third-order valence-corrected chi connectivity index (χ3v) is 2.71. The van der Waals surface area contributed by atoms with Crippen molar-refractivity contribution in [3.05, 3.63) is 35.4 Å². The summed E-state index contributed by atoms with van der Waals surface area (Å²) in [4.78, 5) is 0. The fourth-order valence-electron chi connectivity index (χ4n) is 1.56. The Morgan fingerprint density at radius 3 is 2.47 bits per heavy atom. The van der Waals surface area contributed by atoms with Gasteiger partial charge in [-0.05, 0) is 19.4 Å². The quantitative estimate of drug-likeness (QED) is 0.704. The molecular formula is C14H23NO2.